The van der Waals surface area contributed by atoms with E-state index >= 15 is 0 Å². The minimum absolute atomic E-state index is 0. The third-order valence-corrected chi connectivity index (χ3v) is 5.98. The number of ether oxygens (including phenoxy) is 1. The van der Waals surface area contributed by atoms with Gasteiger partial charge in [-0.1, -0.05) is 12.1 Å². The molecule has 0 saturated carbocycles. The highest BCUT2D eigenvalue weighted by Crippen LogP contribution is 2.27. The summed E-state index contributed by atoms with van der Waals surface area (Å²) in [4.78, 5) is 11.2. The normalized spacial score (nSPS) is 18.6. The summed E-state index contributed by atoms with van der Waals surface area (Å²) in [6, 6.07) is 5.43. The average Bonchev–Trinajstić information content (AvgIpc) is 2.59. The summed E-state index contributed by atoms with van der Waals surface area (Å²) in [6.07, 6.45) is -0.0248. The molecule has 1 aromatic carbocycles. The molecule has 0 amide bonds. The molecule has 1 N–H and O–H groups in total. The van der Waals surface area contributed by atoms with Gasteiger partial charge >= 0.3 is 5.97 Å². The molecule has 1 aliphatic heterocycles. The molecular formula is C15H23ClFN3O4S. The predicted molar refractivity (Wildman–Crippen MR) is 94.1 cm³/mol. The van der Waals surface area contributed by atoms with Gasteiger partial charge in [-0.2, -0.15) is 17.0 Å². The van der Waals surface area contributed by atoms with Crippen LogP contribution in [0.15, 0.2) is 24.3 Å². The molecule has 0 aromatic heterocycles. The first-order chi connectivity index (χ1) is 11.4. The Hall–Kier alpha value is -1.26. The predicted octanol–water partition coefficient (Wildman–Crippen LogP) is 0.934. The lowest BCUT2D eigenvalue weighted by atomic mass is 10.1. The summed E-state index contributed by atoms with van der Waals surface area (Å²) < 4.78 is 46.2. The van der Waals surface area contributed by atoms with E-state index in [9.17, 15) is 17.6 Å². The molecule has 1 aliphatic rings. The summed E-state index contributed by atoms with van der Waals surface area (Å²) >= 11 is 0. The molecule has 0 bridgehead atoms. The minimum Gasteiger partial charge on any atom is -0.469 e. The molecule has 7 nitrogen and oxygen atoms in total. The summed E-state index contributed by atoms with van der Waals surface area (Å²) in [6.45, 7) is 1.20. The van der Waals surface area contributed by atoms with Crippen molar-refractivity contribution in [2.75, 3.05) is 40.3 Å². The van der Waals surface area contributed by atoms with Crippen LogP contribution in [0.5, 0.6) is 0 Å². The molecule has 0 radical (unpaired) electrons. The average molecular weight is 396 g/mol. The van der Waals surface area contributed by atoms with Crippen LogP contribution >= 0.6 is 12.4 Å². The Morgan fingerprint density at radius 1 is 1.48 bits per heavy atom. The maximum atomic E-state index is 13.5. The van der Waals surface area contributed by atoms with Crippen LogP contribution in [-0.2, 0) is 19.7 Å². The molecule has 1 atom stereocenters. The van der Waals surface area contributed by atoms with Crippen molar-refractivity contribution in [3.8, 4) is 0 Å². The van der Waals surface area contributed by atoms with E-state index in [2.05, 4.69) is 10.1 Å². The van der Waals surface area contributed by atoms with E-state index in [1.807, 2.05) is 0 Å². The second-order valence-electron chi connectivity index (χ2n) is 5.54. The molecule has 0 spiro atoms. The van der Waals surface area contributed by atoms with Gasteiger partial charge in [0.2, 0.25) is 0 Å². The van der Waals surface area contributed by atoms with Gasteiger partial charge in [0, 0.05) is 33.2 Å². The number of halogens is 2. The Morgan fingerprint density at radius 3 is 2.84 bits per heavy atom. The highest BCUT2D eigenvalue weighted by atomic mass is 35.5. The van der Waals surface area contributed by atoms with Crippen LogP contribution in [0.2, 0.25) is 0 Å². The molecule has 1 fully saturated rings. The van der Waals surface area contributed by atoms with Crippen molar-refractivity contribution >= 4 is 28.6 Å². The van der Waals surface area contributed by atoms with Gasteiger partial charge in [0.15, 0.2) is 0 Å². The van der Waals surface area contributed by atoms with Crippen LogP contribution in [0, 0.1) is 5.82 Å². The lowest BCUT2D eigenvalue weighted by Crippen LogP contribution is -2.52. The maximum Gasteiger partial charge on any atom is 0.306 e. The molecule has 142 valence electrons. The minimum atomic E-state index is -3.78. The summed E-state index contributed by atoms with van der Waals surface area (Å²) in [7, 11) is -1.10. The summed E-state index contributed by atoms with van der Waals surface area (Å²) in [5, 5.41) is 3.13. The number of piperazine rings is 1. The Morgan fingerprint density at radius 2 is 2.20 bits per heavy atom. The first-order valence-electron chi connectivity index (χ1n) is 7.62. The van der Waals surface area contributed by atoms with E-state index in [0.29, 0.717) is 18.7 Å². The zero-order valence-electron chi connectivity index (χ0n) is 14.1. The number of hydrogen-bond donors (Lipinski definition) is 1. The van der Waals surface area contributed by atoms with E-state index in [-0.39, 0.29) is 31.9 Å². The Balaban J connectivity index is 0.00000312. The topological polar surface area (TPSA) is 79.0 Å². The zero-order valence-corrected chi connectivity index (χ0v) is 15.8. The fourth-order valence-corrected chi connectivity index (χ4v) is 4.12. The Labute approximate surface area is 153 Å². The lowest BCUT2D eigenvalue weighted by Gasteiger charge is -2.37. The van der Waals surface area contributed by atoms with Gasteiger partial charge in [-0.15, -0.1) is 12.4 Å². The third-order valence-electron chi connectivity index (χ3n) is 3.98. The van der Waals surface area contributed by atoms with Crippen molar-refractivity contribution in [3.05, 3.63) is 35.6 Å². The highest BCUT2D eigenvalue weighted by Gasteiger charge is 2.36. The van der Waals surface area contributed by atoms with Crippen molar-refractivity contribution in [2.24, 2.45) is 0 Å². The van der Waals surface area contributed by atoms with Crippen LogP contribution in [0.1, 0.15) is 18.0 Å². The summed E-state index contributed by atoms with van der Waals surface area (Å²) in [5.74, 6) is -0.881. The first kappa shape index (κ1) is 21.8. The van der Waals surface area contributed by atoms with Gasteiger partial charge in [0.05, 0.1) is 19.6 Å². The first-order valence-corrected chi connectivity index (χ1v) is 9.02. The summed E-state index contributed by atoms with van der Waals surface area (Å²) in [5.41, 5.74) is 0.590. The molecule has 1 unspecified atom stereocenters. The van der Waals surface area contributed by atoms with Crippen LogP contribution < -0.4 is 5.32 Å². The maximum absolute atomic E-state index is 13.5. The van der Waals surface area contributed by atoms with Crippen LogP contribution in [0.25, 0.3) is 0 Å². The smallest absolute Gasteiger partial charge is 0.306 e. The molecule has 25 heavy (non-hydrogen) atoms. The van der Waals surface area contributed by atoms with Gasteiger partial charge in [0.1, 0.15) is 5.82 Å². The van der Waals surface area contributed by atoms with Crippen LogP contribution in [0.3, 0.4) is 0 Å². The van der Waals surface area contributed by atoms with Crippen molar-refractivity contribution in [1.29, 1.82) is 0 Å². The molecular weight excluding hydrogens is 373 g/mol. The van der Waals surface area contributed by atoms with Crippen molar-refractivity contribution in [3.63, 3.8) is 0 Å². The van der Waals surface area contributed by atoms with Gasteiger partial charge in [-0.25, -0.2) is 4.39 Å². The number of carbonyl (C=O) groups excluding carboxylic acids is 1. The van der Waals surface area contributed by atoms with Crippen LogP contribution in [0.4, 0.5) is 4.39 Å². The SMILES string of the molecule is COC(=O)CCN(C)S(=O)(=O)N1CCNCC1c1cccc(F)c1.Cl. The molecule has 1 saturated heterocycles. The zero-order chi connectivity index (χ0) is 17.7. The fraction of sp³-hybridized carbons (Fsp3) is 0.533. The van der Waals surface area contributed by atoms with Crippen LogP contribution in [-0.4, -0.2) is 63.3 Å². The van der Waals surface area contributed by atoms with E-state index < -0.39 is 28.0 Å². The number of nitrogens with one attached hydrogen (secondary N) is 1. The largest absolute Gasteiger partial charge is 0.469 e. The molecule has 1 aromatic rings. The molecule has 2 rings (SSSR count). The van der Waals surface area contributed by atoms with Crippen molar-refractivity contribution < 1.29 is 22.3 Å². The van der Waals surface area contributed by atoms with Gasteiger partial charge in [-0.3, -0.25) is 4.79 Å². The number of benzene rings is 1. The second kappa shape index (κ2) is 9.44. The van der Waals surface area contributed by atoms with E-state index in [4.69, 9.17) is 0 Å². The second-order valence-corrected chi connectivity index (χ2v) is 7.53. The fourth-order valence-electron chi connectivity index (χ4n) is 2.61. The standard InChI is InChI=1S/C15H22FN3O4S.ClH/c1-18(8-6-15(20)23-2)24(21,22)19-9-7-17-11-14(19)12-4-3-5-13(16)10-12;/h3-5,10,14,17H,6-9,11H2,1-2H3;1H. The monoisotopic (exact) mass is 395 g/mol. The van der Waals surface area contributed by atoms with Gasteiger partial charge in [-0.05, 0) is 17.7 Å². The number of carbonyl (C=O) groups is 1. The number of hydrogen-bond acceptors (Lipinski definition) is 5. The van der Waals surface area contributed by atoms with E-state index in [1.165, 1.54) is 30.6 Å². The lowest BCUT2D eigenvalue weighted by molar-refractivity contribution is -0.140. The highest BCUT2D eigenvalue weighted by molar-refractivity contribution is 7.86. The number of esters is 1. The number of nitrogens with zero attached hydrogens (tertiary/aromatic N) is 2. The third kappa shape index (κ3) is 5.35. The molecule has 1 heterocycles. The van der Waals surface area contributed by atoms with Gasteiger partial charge < -0.3 is 10.1 Å². The number of methoxy groups -OCH3 is 1. The van der Waals surface area contributed by atoms with Crippen molar-refractivity contribution in [1.82, 2.24) is 13.9 Å². The van der Waals surface area contributed by atoms with Gasteiger partial charge in [0.25, 0.3) is 10.2 Å². The molecule has 0 aliphatic carbocycles. The Bertz CT molecular complexity index is 689. The number of rotatable bonds is 6. The quantitative estimate of drug-likeness (QED) is 0.725. The Kier molecular flexibility index (Phi) is 8.23. The van der Waals surface area contributed by atoms with Crippen molar-refractivity contribution in [2.45, 2.75) is 12.5 Å². The van der Waals surface area contributed by atoms with E-state index in [0.717, 1.165) is 4.31 Å². The molecule has 10 heteroatoms. The van der Waals surface area contributed by atoms with E-state index in [1.54, 1.807) is 12.1 Å².